The number of piperidine rings is 1. The Morgan fingerprint density at radius 3 is 2.41 bits per heavy atom. The number of likely N-dealkylation sites (tertiary alicyclic amines) is 1. The summed E-state index contributed by atoms with van der Waals surface area (Å²) in [6.45, 7) is 4.71. The molecule has 202 valence electrons. The molecule has 1 aliphatic rings. The van der Waals surface area contributed by atoms with Gasteiger partial charge in [-0.25, -0.2) is 0 Å². The normalized spacial score (nSPS) is 17.0. The van der Waals surface area contributed by atoms with Gasteiger partial charge < -0.3 is 16.0 Å². The lowest BCUT2D eigenvalue weighted by Gasteiger charge is -2.43. The molecule has 3 aromatic rings. The topological polar surface area (TPSA) is 102 Å². The third kappa shape index (κ3) is 7.53. The molecule has 7 heteroatoms. The average Bonchev–Trinajstić information content (AvgIpc) is 2.98. The highest BCUT2D eigenvalue weighted by Gasteiger charge is 2.38. The van der Waals surface area contributed by atoms with E-state index >= 15 is 0 Å². The minimum Gasteiger partial charge on any atom is -0.353 e. The number of hydrogen-bond donors (Lipinski definition) is 2. The lowest BCUT2D eigenvalue weighted by Crippen LogP contribution is -2.57. The molecule has 4 rings (SSSR count). The Bertz CT molecular complexity index is 1270. The van der Waals surface area contributed by atoms with Gasteiger partial charge in [-0.2, -0.15) is 5.26 Å². The van der Waals surface area contributed by atoms with Gasteiger partial charge in [0.05, 0.1) is 11.6 Å². The fourth-order valence-electron chi connectivity index (χ4n) is 5.17. The highest BCUT2D eigenvalue weighted by atomic mass is 16.2. The molecule has 0 radical (unpaired) electrons. The van der Waals surface area contributed by atoms with Crippen LogP contribution in [0.2, 0.25) is 0 Å². The van der Waals surface area contributed by atoms with Crippen LogP contribution in [0, 0.1) is 18.3 Å². The third-order valence-corrected chi connectivity index (χ3v) is 7.40. The van der Waals surface area contributed by atoms with Gasteiger partial charge >= 0.3 is 0 Å². The van der Waals surface area contributed by atoms with E-state index in [4.69, 9.17) is 5.73 Å². The summed E-state index contributed by atoms with van der Waals surface area (Å²) in [5.41, 5.74) is 10.3. The summed E-state index contributed by atoms with van der Waals surface area (Å²) >= 11 is 0. The monoisotopic (exact) mass is 523 g/mol. The first-order chi connectivity index (χ1) is 19.0. The van der Waals surface area contributed by atoms with E-state index in [0.29, 0.717) is 43.7 Å². The van der Waals surface area contributed by atoms with E-state index < -0.39 is 6.04 Å². The van der Waals surface area contributed by atoms with E-state index in [1.165, 1.54) is 5.56 Å². The summed E-state index contributed by atoms with van der Waals surface area (Å²) in [5, 5.41) is 12.1. The SMILES string of the molecule is Cc1ccc(C(=O)N2CCC(N(CCc3ccccc3)Cc3ccc(C#N)cc3)C[C@@H]2C(=O)NCCN)cc1. The first-order valence-electron chi connectivity index (χ1n) is 13.6. The molecular weight excluding hydrogens is 486 g/mol. The standard InChI is InChI=1S/C32H37N5O2/c1-24-7-13-28(14-8-24)32(39)37-20-16-29(21-30(37)31(38)35-18-17-33)36(19-15-25-5-3-2-4-6-25)23-27-11-9-26(22-34)10-12-27/h2-14,29-30H,15-21,23,33H2,1H3,(H,35,38)/t29?,30-/m1/s1. The first kappa shape index (κ1) is 28.0. The zero-order chi connectivity index (χ0) is 27.6. The number of rotatable bonds is 10. The zero-order valence-corrected chi connectivity index (χ0v) is 22.6. The van der Waals surface area contributed by atoms with E-state index in [0.717, 1.165) is 30.5 Å². The highest BCUT2D eigenvalue weighted by Crippen LogP contribution is 2.26. The van der Waals surface area contributed by atoms with E-state index in [9.17, 15) is 14.9 Å². The Kier molecular flexibility index (Phi) is 9.85. The highest BCUT2D eigenvalue weighted by molar-refractivity contribution is 5.97. The van der Waals surface area contributed by atoms with Gasteiger partial charge in [0.2, 0.25) is 5.91 Å². The van der Waals surface area contributed by atoms with Crippen LogP contribution in [0.5, 0.6) is 0 Å². The smallest absolute Gasteiger partial charge is 0.254 e. The second-order valence-electron chi connectivity index (χ2n) is 10.2. The molecule has 39 heavy (non-hydrogen) atoms. The molecule has 1 unspecified atom stereocenters. The quantitative estimate of drug-likeness (QED) is 0.422. The number of hydrogen-bond acceptors (Lipinski definition) is 5. The van der Waals surface area contributed by atoms with Crippen molar-refractivity contribution in [2.75, 3.05) is 26.2 Å². The van der Waals surface area contributed by atoms with Gasteiger partial charge in [-0.05, 0) is 61.6 Å². The van der Waals surface area contributed by atoms with Crippen LogP contribution < -0.4 is 11.1 Å². The summed E-state index contributed by atoms with van der Waals surface area (Å²) in [6.07, 6.45) is 2.19. The maximum Gasteiger partial charge on any atom is 0.254 e. The van der Waals surface area contributed by atoms with E-state index in [1.54, 1.807) is 4.90 Å². The molecule has 2 atom stereocenters. The lowest BCUT2D eigenvalue weighted by molar-refractivity contribution is -0.127. The van der Waals surface area contributed by atoms with Gasteiger partial charge in [0.15, 0.2) is 0 Å². The van der Waals surface area contributed by atoms with Crippen LogP contribution in [0.1, 0.15) is 45.5 Å². The van der Waals surface area contributed by atoms with Crippen LogP contribution in [0.3, 0.4) is 0 Å². The number of nitrogens with one attached hydrogen (secondary N) is 1. The van der Waals surface area contributed by atoms with Crippen molar-refractivity contribution < 1.29 is 9.59 Å². The van der Waals surface area contributed by atoms with Crippen LogP contribution in [-0.2, 0) is 17.8 Å². The van der Waals surface area contributed by atoms with Crippen molar-refractivity contribution in [3.63, 3.8) is 0 Å². The second-order valence-corrected chi connectivity index (χ2v) is 10.2. The van der Waals surface area contributed by atoms with Gasteiger partial charge in [0.25, 0.3) is 5.91 Å². The molecule has 0 bridgehead atoms. The number of nitrogens with two attached hydrogens (primary N) is 1. The Morgan fingerprint density at radius 2 is 1.74 bits per heavy atom. The van der Waals surface area contributed by atoms with Gasteiger partial charge in [0.1, 0.15) is 6.04 Å². The van der Waals surface area contributed by atoms with Crippen molar-refractivity contribution in [2.45, 2.75) is 44.8 Å². The lowest BCUT2D eigenvalue weighted by atomic mass is 9.93. The maximum absolute atomic E-state index is 13.5. The van der Waals surface area contributed by atoms with Gasteiger partial charge in [-0.3, -0.25) is 14.5 Å². The predicted octanol–water partition coefficient (Wildman–Crippen LogP) is 3.66. The van der Waals surface area contributed by atoms with Gasteiger partial charge in [-0.15, -0.1) is 0 Å². The molecule has 7 nitrogen and oxygen atoms in total. The summed E-state index contributed by atoms with van der Waals surface area (Å²) in [6, 6.07) is 27.3. The van der Waals surface area contributed by atoms with Crippen molar-refractivity contribution >= 4 is 11.8 Å². The van der Waals surface area contributed by atoms with E-state index in [-0.39, 0.29) is 17.9 Å². The van der Waals surface area contributed by atoms with Crippen molar-refractivity contribution in [1.82, 2.24) is 15.1 Å². The zero-order valence-electron chi connectivity index (χ0n) is 22.6. The molecule has 1 saturated heterocycles. The molecule has 1 aliphatic heterocycles. The molecule has 1 fully saturated rings. The summed E-state index contributed by atoms with van der Waals surface area (Å²) in [5.74, 6) is -0.281. The van der Waals surface area contributed by atoms with Crippen LogP contribution >= 0.6 is 0 Å². The first-order valence-corrected chi connectivity index (χ1v) is 13.6. The minimum atomic E-state index is -0.579. The van der Waals surface area contributed by atoms with Gasteiger partial charge in [-0.1, -0.05) is 60.2 Å². The Hall–Kier alpha value is -3.99. The van der Waals surface area contributed by atoms with Crippen LogP contribution in [0.25, 0.3) is 0 Å². The molecule has 0 aliphatic carbocycles. The Labute approximate surface area is 231 Å². The number of nitrogens with zero attached hydrogens (tertiary/aromatic N) is 3. The third-order valence-electron chi connectivity index (χ3n) is 7.40. The number of nitriles is 1. The van der Waals surface area contributed by atoms with E-state index in [2.05, 4.69) is 28.4 Å². The predicted molar refractivity (Wildman–Crippen MR) is 153 cm³/mol. The van der Waals surface area contributed by atoms with Gasteiger partial charge in [0, 0.05) is 44.3 Å². The molecule has 2 amide bonds. The number of carbonyl (C=O) groups is 2. The molecule has 3 aromatic carbocycles. The number of carbonyl (C=O) groups excluding carboxylic acids is 2. The van der Waals surface area contributed by atoms with Crippen LogP contribution in [-0.4, -0.2) is 59.9 Å². The number of aryl methyl sites for hydroxylation is 1. The van der Waals surface area contributed by atoms with Crippen molar-refractivity contribution in [2.24, 2.45) is 5.73 Å². The second kappa shape index (κ2) is 13.7. The van der Waals surface area contributed by atoms with Crippen LogP contribution in [0.15, 0.2) is 78.9 Å². The maximum atomic E-state index is 13.5. The summed E-state index contributed by atoms with van der Waals surface area (Å²) in [7, 11) is 0. The van der Waals surface area contributed by atoms with Crippen molar-refractivity contribution in [1.29, 1.82) is 5.26 Å². The average molecular weight is 524 g/mol. The molecule has 0 spiro atoms. The van der Waals surface area contributed by atoms with Crippen LogP contribution in [0.4, 0.5) is 0 Å². The number of benzene rings is 3. The summed E-state index contributed by atoms with van der Waals surface area (Å²) in [4.78, 5) is 31.0. The summed E-state index contributed by atoms with van der Waals surface area (Å²) < 4.78 is 0. The minimum absolute atomic E-state index is 0.111. The van der Waals surface area contributed by atoms with Crippen molar-refractivity contribution in [3.8, 4) is 6.07 Å². The Morgan fingerprint density at radius 1 is 1.03 bits per heavy atom. The molecular formula is C32H37N5O2. The van der Waals surface area contributed by atoms with E-state index in [1.807, 2.05) is 73.7 Å². The molecule has 3 N–H and O–H groups in total. The molecule has 0 saturated carbocycles. The fourth-order valence-corrected chi connectivity index (χ4v) is 5.17. The Balaban J connectivity index is 1.56. The number of amides is 2. The van der Waals surface area contributed by atoms with Crippen molar-refractivity contribution in [3.05, 3.63) is 107 Å². The fraction of sp³-hybridized carbons (Fsp3) is 0.344. The molecule has 0 aromatic heterocycles. The molecule has 1 heterocycles. The largest absolute Gasteiger partial charge is 0.353 e.